The summed E-state index contributed by atoms with van der Waals surface area (Å²) in [5.41, 5.74) is 3.13. The molecule has 0 spiro atoms. The number of aromatic nitrogens is 4. The molecule has 158 valence electrons. The minimum Gasteiger partial charge on any atom is -0.296 e. The fourth-order valence-electron chi connectivity index (χ4n) is 3.00. The number of nitrogens with zero attached hydrogens (tertiary/aromatic N) is 4. The Morgan fingerprint density at radius 1 is 1.13 bits per heavy atom. The summed E-state index contributed by atoms with van der Waals surface area (Å²) in [4.78, 5) is 18.2. The summed E-state index contributed by atoms with van der Waals surface area (Å²) < 4.78 is 14.6. The van der Waals surface area contributed by atoms with Gasteiger partial charge in [-0.1, -0.05) is 34.5 Å². The maximum Gasteiger partial charge on any atom is 0.279 e. The van der Waals surface area contributed by atoms with Gasteiger partial charge in [-0.05, 0) is 55.8 Å². The van der Waals surface area contributed by atoms with E-state index in [1.165, 1.54) is 28.2 Å². The number of hydrogen-bond acceptors (Lipinski definition) is 5. The molecule has 0 radical (unpaired) electrons. The highest BCUT2D eigenvalue weighted by Crippen LogP contribution is 2.28. The van der Waals surface area contributed by atoms with Crippen molar-refractivity contribution in [3.63, 3.8) is 0 Å². The summed E-state index contributed by atoms with van der Waals surface area (Å²) in [6.07, 6.45) is 0.621. The van der Waals surface area contributed by atoms with Gasteiger partial charge < -0.3 is 0 Å². The summed E-state index contributed by atoms with van der Waals surface area (Å²) in [6, 6.07) is 11.3. The minimum absolute atomic E-state index is 0.170. The van der Waals surface area contributed by atoms with E-state index in [0.29, 0.717) is 33.0 Å². The van der Waals surface area contributed by atoms with E-state index >= 15 is 0 Å². The number of amides is 1. The van der Waals surface area contributed by atoms with Crippen molar-refractivity contribution in [1.82, 2.24) is 20.0 Å². The second kappa shape index (κ2) is 8.74. The highest BCUT2D eigenvalue weighted by atomic mass is 35.5. The lowest BCUT2D eigenvalue weighted by Crippen LogP contribution is -2.14. The van der Waals surface area contributed by atoms with Crippen LogP contribution < -0.4 is 5.32 Å². The highest BCUT2D eigenvalue weighted by molar-refractivity contribution is 7.15. The molecule has 0 aliphatic carbocycles. The lowest BCUT2D eigenvalue weighted by molar-refractivity contribution is 0.102. The molecule has 0 saturated heterocycles. The molecule has 0 unspecified atom stereocenters. The molecule has 1 N–H and O–H groups in total. The fraction of sp³-hybridized carbons (Fsp3) is 0.143. The van der Waals surface area contributed by atoms with E-state index < -0.39 is 5.91 Å². The summed E-state index contributed by atoms with van der Waals surface area (Å²) >= 11 is 13.5. The molecule has 0 aliphatic rings. The molecule has 0 aliphatic heterocycles. The van der Waals surface area contributed by atoms with E-state index in [9.17, 15) is 9.18 Å². The number of aryl methyl sites for hydroxylation is 1. The SMILES string of the molecule is Cc1nc(NC(=O)c2nnn(-c3ccc(F)cc3)c2C)sc1Cc1ccc(Cl)c(Cl)c1. The molecule has 2 heterocycles. The third kappa shape index (κ3) is 4.61. The Morgan fingerprint density at radius 2 is 1.87 bits per heavy atom. The van der Waals surface area contributed by atoms with Gasteiger partial charge in [0, 0.05) is 11.3 Å². The first-order valence-corrected chi connectivity index (χ1v) is 10.8. The molecule has 0 atom stereocenters. The van der Waals surface area contributed by atoms with Crippen molar-refractivity contribution in [2.45, 2.75) is 20.3 Å². The van der Waals surface area contributed by atoms with Crippen molar-refractivity contribution in [2.75, 3.05) is 5.32 Å². The second-order valence-electron chi connectivity index (χ2n) is 6.82. The molecule has 4 rings (SSSR count). The van der Waals surface area contributed by atoms with Gasteiger partial charge in [-0.2, -0.15) is 0 Å². The van der Waals surface area contributed by atoms with Crippen molar-refractivity contribution in [2.24, 2.45) is 0 Å². The van der Waals surface area contributed by atoms with Crippen LogP contribution in [0.1, 0.15) is 32.3 Å². The van der Waals surface area contributed by atoms with Crippen molar-refractivity contribution < 1.29 is 9.18 Å². The predicted octanol–water partition coefficient (Wildman–Crippen LogP) is 5.63. The summed E-state index contributed by atoms with van der Waals surface area (Å²) in [6.45, 7) is 3.61. The maximum absolute atomic E-state index is 13.2. The van der Waals surface area contributed by atoms with Crippen LogP contribution in [0.2, 0.25) is 10.0 Å². The molecule has 31 heavy (non-hydrogen) atoms. The van der Waals surface area contributed by atoms with E-state index in [4.69, 9.17) is 23.2 Å². The van der Waals surface area contributed by atoms with Crippen LogP contribution in [0.5, 0.6) is 0 Å². The molecule has 2 aromatic heterocycles. The van der Waals surface area contributed by atoms with Crippen molar-refractivity contribution in [3.05, 3.63) is 85.8 Å². The van der Waals surface area contributed by atoms with Gasteiger partial charge >= 0.3 is 0 Å². The maximum atomic E-state index is 13.2. The van der Waals surface area contributed by atoms with Gasteiger partial charge in [0.05, 0.1) is 27.1 Å². The van der Waals surface area contributed by atoms with Crippen LogP contribution in [-0.2, 0) is 6.42 Å². The first-order valence-electron chi connectivity index (χ1n) is 9.21. The summed E-state index contributed by atoms with van der Waals surface area (Å²) in [7, 11) is 0. The quantitative estimate of drug-likeness (QED) is 0.405. The van der Waals surface area contributed by atoms with Crippen molar-refractivity contribution >= 4 is 45.6 Å². The number of rotatable bonds is 5. The van der Waals surface area contributed by atoms with E-state index in [0.717, 1.165) is 16.1 Å². The third-order valence-electron chi connectivity index (χ3n) is 4.64. The lowest BCUT2D eigenvalue weighted by atomic mass is 10.1. The highest BCUT2D eigenvalue weighted by Gasteiger charge is 2.19. The summed E-state index contributed by atoms with van der Waals surface area (Å²) in [5, 5.41) is 12.2. The number of anilines is 1. The van der Waals surface area contributed by atoms with Gasteiger partial charge in [-0.15, -0.1) is 16.4 Å². The minimum atomic E-state index is -0.416. The normalized spacial score (nSPS) is 11.0. The Kier molecular flexibility index (Phi) is 6.04. The molecular weight excluding hydrogens is 460 g/mol. The lowest BCUT2D eigenvalue weighted by Gasteiger charge is -2.03. The molecule has 0 bridgehead atoms. The summed E-state index contributed by atoms with van der Waals surface area (Å²) in [5.74, 6) is -0.768. The van der Waals surface area contributed by atoms with Gasteiger partial charge in [-0.3, -0.25) is 10.1 Å². The smallest absolute Gasteiger partial charge is 0.279 e. The number of nitrogens with one attached hydrogen (secondary N) is 1. The van der Waals surface area contributed by atoms with Crippen LogP contribution in [0.25, 0.3) is 5.69 Å². The molecule has 10 heteroatoms. The molecule has 2 aromatic carbocycles. The monoisotopic (exact) mass is 475 g/mol. The Hall–Kier alpha value is -2.81. The topological polar surface area (TPSA) is 72.7 Å². The van der Waals surface area contributed by atoms with Gasteiger partial charge in [0.1, 0.15) is 5.82 Å². The molecular formula is C21H16Cl2FN5OS. The zero-order chi connectivity index (χ0) is 22.1. The van der Waals surface area contributed by atoms with Crippen LogP contribution in [0.3, 0.4) is 0 Å². The van der Waals surface area contributed by atoms with Gasteiger partial charge in [0.15, 0.2) is 10.8 Å². The number of carbonyl (C=O) groups excluding carboxylic acids is 1. The molecule has 0 fully saturated rings. The standard InChI is InChI=1S/C21H16Cl2FN5OS/c1-11-18(10-13-3-8-16(22)17(23)9-13)31-21(25-11)26-20(30)19-12(2)29(28-27-19)15-6-4-14(24)5-7-15/h3-9H,10H2,1-2H3,(H,25,26,30). The molecule has 4 aromatic rings. The largest absolute Gasteiger partial charge is 0.296 e. The van der Waals surface area contributed by atoms with Crippen LogP contribution >= 0.6 is 34.5 Å². The fourth-order valence-corrected chi connectivity index (χ4v) is 4.32. The number of benzene rings is 2. The Morgan fingerprint density at radius 3 is 2.58 bits per heavy atom. The average Bonchev–Trinajstić information content (AvgIpc) is 3.27. The van der Waals surface area contributed by atoms with Crippen LogP contribution in [0, 0.1) is 19.7 Å². The number of thiazole rings is 1. The predicted molar refractivity (Wildman–Crippen MR) is 120 cm³/mol. The number of hydrogen-bond donors (Lipinski definition) is 1. The van der Waals surface area contributed by atoms with Gasteiger partial charge in [0.25, 0.3) is 5.91 Å². The molecule has 1 amide bonds. The van der Waals surface area contributed by atoms with Crippen LogP contribution in [0.15, 0.2) is 42.5 Å². The van der Waals surface area contributed by atoms with E-state index in [1.54, 1.807) is 25.1 Å². The Labute approximate surface area is 191 Å². The van der Waals surface area contributed by atoms with Gasteiger partial charge in [-0.25, -0.2) is 14.1 Å². The van der Waals surface area contributed by atoms with Crippen LogP contribution in [0.4, 0.5) is 9.52 Å². The first-order chi connectivity index (χ1) is 14.8. The third-order valence-corrected chi connectivity index (χ3v) is 6.45. The molecule has 6 nitrogen and oxygen atoms in total. The number of halogens is 3. The molecule has 0 saturated carbocycles. The van der Waals surface area contributed by atoms with Crippen molar-refractivity contribution in [1.29, 1.82) is 0 Å². The zero-order valence-corrected chi connectivity index (χ0v) is 18.8. The Bertz CT molecular complexity index is 1270. The average molecular weight is 476 g/mol. The zero-order valence-electron chi connectivity index (χ0n) is 16.5. The van der Waals surface area contributed by atoms with E-state index in [2.05, 4.69) is 20.6 Å². The number of carbonyl (C=O) groups is 1. The van der Waals surface area contributed by atoms with Crippen LogP contribution in [-0.4, -0.2) is 25.9 Å². The van der Waals surface area contributed by atoms with E-state index in [1.807, 2.05) is 19.1 Å². The van der Waals surface area contributed by atoms with Gasteiger partial charge in [0.2, 0.25) is 0 Å². The van der Waals surface area contributed by atoms with Crippen molar-refractivity contribution in [3.8, 4) is 5.69 Å². The second-order valence-corrected chi connectivity index (χ2v) is 8.72. The van der Waals surface area contributed by atoms with E-state index in [-0.39, 0.29) is 11.5 Å². The first kappa shape index (κ1) is 21.4. The Balaban J connectivity index is 1.51.